The predicted molar refractivity (Wildman–Crippen MR) is 80.3 cm³/mol. The van der Waals surface area contributed by atoms with Gasteiger partial charge in [-0.15, -0.1) is 11.3 Å². The van der Waals surface area contributed by atoms with E-state index in [1.807, 2.05) is 18.4 Å². The molecule has 0 amide bonds. The molecule has 3 nitrogen and oxygen atoms in total. The van der Waals surface area contributed by atoms with Crippen molar-refractivity contribution in [3.8, 4) is 6.07 Å². The van der Waals surface area contributed by atoms with Gasteiger partial charge in [-0.1, -0.05) is 12.1 Å². The number of halogens is 1. The van der Waals surface area contributed by atoms with E-state index >= 15 is 0 Å². The third-order valence-corrected chi connectivity index (χ3v) is 3.98. The largest absolute Gasteiger partial charge is 0.293 e. The van der Waals surface area contributed by atoms with Crippen LogP contribution in [0.5, 0.6) is 0 Å². The van der Waals surface area contributed by atoms with Crippen LogP contribution >= 0.6 is 11.3 Å². The molecule has 0 saturated carbocycles. The Bertz CT molecular complexity index is 725. The predicted octanol–water partition coefficient (Wildman–Crippen LogP) is 3.87. The summed E-state index contributed by atoms with van der Waals surface area (Å²) < 4.78 is 12.9. The minimum Gasteiger partial charge on any atom is -0.293 e. The first-order chi connectivity index (χ1) is 10.0. The lowest BCUT2D eigenvalue weighted by Crippen LogP contribution is -2.08. The van der Waals surface area contributed by atoms with Crippen LogP contribution in [0.3, 0.4) is 0 Å². The summed E-state index contributed by atoms with van der Waals surface area (Å²) in [6, 6.07) is 7.87. The van der Waals surface area contributed by atoms with Crippen LogP contribution in [-0.4, -0.2) is 10.8 Å². The fraction of sp³-hybridized carbons (Fsp3) is 0.188. The maximum atomic E-state index is 12.9. The van der Waals surface area contributed by atoms with Gasteiger partial charge in [-0.25, -0.2) is 9.37 Å². The molecule has 21 heavy (non-hydrogen) atoms. The lowest BCUT2D eigenvalue weighted by atomic mass is 10.0. The van der Waals surface area contributed by atoms with E-state index < -0.39 is 5.92 Å². The van der Waals surface area contributed by atoms with Crippen LogP contribution < -0.4 is 0 Å². The van der Waals surface area contributed by atoms with Gasteiger partial charge >= 0.3 is 0 Å². The van der Waals surface area contributed by atoms with Crippen LogP contribution in [0.25, 0.3) is 5.57 Å². The zero-order valence-corrected chi connectivity index (χ0v) is 12.4. The molecule has 5 heteroatoms. The first kappa shape index (κ1) is 15.1. The Morgan fingerprint density at radius 2 is 2.10 bits per heavy atom. The first-order valence-corrected chi connectivity index (χ1v) is 7.19. The molecule has 1 heterocycles. The second kappa shape index (κ2) is 6.42. The van der Waals surface area contributed by atoms with Crippen LogP contribution in [0.15, 0.2) is 35.7 Å². The van der Waals surface area contributed by atoms with E-state index in [-0.39, 0.29) is 11.6 Å². The highest BCUT2D eigenvalue weighted by atomic mass is 32.1. The third-order valence-electron chi connectivity index (χ3n) is 2.96. The van der Waals surface area contributed by atoms with Crippen LogP contribution in [0, 0.1) is 24.1 Å². The Morgan fingerprint density at radius 1 is 1.43 bits per heavy atom. The highest BCUT2D eigenvalue weighted by molar-refractivity contribution is 7.10. The Morgan fingerprint density at radius 3 is 2.62 bits per heavy atom. The number of nitriles is 1. The smallest absolute Gasteiger partial charge is 0.180 e. The minimum atomic E-state index is -0.890. The molecule has 1 aromatic carbocycles. The summed E-state index contributed by atoms with van der Waals surface area (Å²) in [5.41, 5.74) is 2.23. The van der Waals surface area contributed by atoms with Gasteiger partial charge in [0, 0.05) is 11.1 Å². The molecule has 0 unspecified atom stereocenters. The molecule has 2 aromatic rings. The molecule has 0 N–H and O–H groups in total. The molecule has 0 radical (unpaired) electrons. The standard InChI is InChI=1S/C16H13FN2OS/c1-10(12-3-5-13(17)6-4-12)7-15(20)14(8-18)16-19-11(2)9-21-16/h3-7,9,14H,1-2H3/b10-7-/t14-/m1/s1. The third kappa shape index (κ3) is 3.61. The Hall–Kier alpha value is -2.32. The van der Waals surface area contributed by atoms with E-state index in [4.69, 9.17) is 0 Å². The van der Waals surface area contributed by atoms with Gasteiger partial charge in [-0.05, 0) is 43.2 Å². The van der Waals surface area contributed by atoms with Crippen molar-refractivity contribution >= 4 is 22.7 Å². The number of aromatic nitrogens is 1. The second-order valence-corrected chi connectivity index (χ2v) is 5.52. The molecule has 0 aliphatic heterocycles. The quantitative estimate of drug-likeness (QED) is 0.805. The Labute approximate surface area is 126 Å². The van der Waals surface area contributed by atoms with Gasteiger partial charge in [0.05, 0.1) is 6.07 Å². The number of thiazole rings is 1. The van der Waals surface area contributed by atoms with Crippen LogP contribution in [0.2, 0.25) is 0 Å². The number of hydrogen-bond acceptors (Lipinski definition) is 4. The SMILES string of the molecule is C/C(=C/C(=O)[C@@H](C#N)c1nc(C)cs1)c1ccc(F)cc1. The normalized spacial score (nSPS) is 12.8. The van der Waals surface area contributed by atoms with Gasteiger partial charge in [0.15, 0.2) is 11.7 Å². The molecule has 0 saturated heterocycles. The van der Waals surface area contributed by atoms with Gasteiger partial charge in [0.1, 0.15) is 10.8 Å². The molecule has 106 valence electrons. The van der Waals surface area contributed by atoms with Crippen molar-refractivity contribution in [2.24, 2.45) is 0 Å². The van der Waals surface area contributed by atoms with Crippen molar-refractivity contribution in [2.45, 2.75) is 19.8 Å². The number of carbonyl (C=O) groups excluding carboxylic acids is 1. The van der Waals surface area contributed by atoms with Crippen molar-refractivity contribution in [3.05, 3.63) is 57.8 Å². The second-order valence-electron chi connectivity index (χ2n) is 4.63. The van der Waals surface area contributed by atoms with Crippen molar-refractivity contribution in [2.75, 3.05) is 0 Å². The van der Waals surface area contributed by atoms with Gasteiger partial charge in [0.2, 0.25) is 0 Å². The van der Waals surface area contributed by atoms with E-state index in [9.17, 15) is 14.4 Å². The Kier molecular flexibility index (Phi) is 4.61. The van der Waals surface area contributed by atoms with Gasteiger partial charge in [-0.3, -0.25) is 4.79 Å². The van der Waals surface area contributed by atoms with E-state index in [1.165, 1.54) is 29.5 Å². The van der Waals surface area contributed by atoms with Crippen LogP contribution in [0.4, 0.5) is 4.39 Å². The monoisotopic (exact) mass is 300 g/mol. The van der Waals surface area contributed by atoms with E-state index in [0.717, 1.165) is 11.3 Å². The van der Waals surface area contributed by atoms with Crippen molar-refractivity contribution < 1.29 is 9.18 Å². The molecule has 1 aromatic heterocycles. The molecule has 0 fully saturated rings. The number of nitrogens with zero attached hydrogens (tertiary/aromatic N) is 2. The molecular formula is C16H13FN2OS. The van der Waals surface area contributed by atoms with Crippen LogP contribution in [-0.2, 0) is 4.79 Å². The average Bonchev–Trinajstić information content (AvgIpc) is 2.86. The van der Waals surface area contributed by atoms with Crippen molar-refractivity contribution in [1.29, 1.82) is 5.26 Å². The highest BCUT2D eigenvalue weighted by Gasteiger charge is 2.21. The highest BCUT2D eigenvalue weighted by Crippen LogP contribution is 2.23. The zero-order chi connectivity index (χ0) is 15.4. The summed E-state index contributed by atoms with van der Waals surface area (Å²) in [6.07, 6.45) is 1.41. The summed E-state index contributed by atoms with van der Waals surface area (Å²) in [7, 11) is 0. The molecule has 0 aliphatic rings. The molecular weight excluding hydrogens is 287 g/mol. The van der Waals surface area contributed by atoms with Gasteiger partial charge < -0.3 is 0 Å². The van der Waals surface area contributed by atoms with Gasteiger partial charge in [0.25, 0.3) is 0 Å². The Balaban J connectivity index is 2.24. The lowest BCUT2D eigenvalue weighted by Gasteiger charge is -2.04. The summed E-state index contributed by atoms with van der Waals surface area (Å²) in [5.74, 6) is -1.53. The fourth-order valence-electron chi connectivity index (χ4n) is 1.84. The maximum absolute atomic E-state index is 12.9. The van der Waals surface area contributed by atoms with Crippen molar-refractivity contribution in [1.82, 2.24) is 4.98 Å². The molecule has 0 aliphatic carbocycles. The van der Waals surface area contributed by atoms with E-state index in [0.29, 0.717) is 10.6 Å². The number of rotatable bonds is 4. The molecule has 0 spiro atoms. The number of hydrogen-bond donors (Lipinski definition) is 0. The summed E-state index contributed by atoms with van der Waals surface area (Å²) in [6.45, 7) is 3.57. The lowest BCUT2D eigenvalue weighted by molar-refractivity contribution is -0.114. The van der Waals surface area contributed by atoms with E-state index in [1.54, 1.807) is 19.1 Å². The number of benzene rings is 1. The molecule has 1 atom stereocenters. The number of carbonyl (C=O) groups is 1. The van der Waals surface area contributed by atoms with Gasteiger partial charge in [-0.2, -0.15) is 5.26 Å². The molecule has 2 rings (SSSR count). The first-order valence-electron chi connectivity index (χ1n) is 6.31. The minimum absolute atomic E-state index is 0.311. The number of allylic oxidation sites excluding steroid dienone is 2. The topological polar surface area (TPSA) is 53.8 Å². The summed E-state index contributed by atoms with van der Waals surface area (Å²) in [5, 5.41) is 11.5. The average molecular weight is 300 g/mol. The maximum Gasteiger partial charge on any atom is 0.180 e. The van der Waals surface area contributed by atoms with Crippen LogP contribution in [0.1, 0.15) is 29.1 Å². The summed E-state index contributed by atoms with van der Waals surface area (Å²) >= 11 is 1.30. The number of ketones is 1. The van der Waals surface area contributed by atoms with Crippen molar-refractivity contribution in [3.63, 3.8) is 0 Å². The fourth-order valence-corrected chi connectivity index (χ4v) is 2.68. The zero-order valence-electron chi connectivity index (χ0n) is 11.6. The number of aryl methyl sites for hydroxylation is 1. The molecule has 0 bridgehead atoms. The summed E-state index contributed by atoms with van der Waals surface area (Å²) in [4.78, 5) is 16.4. The van der Waals surface area contributed by atoms with E-state index in [2.05, 4.69) is 4.98 Å².